The first-order valence-electron chi connectivity index (χ1n) is 7.44. The molecule has 12 heteroatoms. The zero-order valence-corrected chi connectivity index (χ0v) is 13.9. The molecule has 26 heavy (non-hydrogen) atoms. The van der Waals surface area contributed by atoms with Crippen LogP contribution in [0, 0.1) is 0 Å². The first kappa shape index (κ1) is 22.8. The van der Waals surface area contributed by atoms with Crippen LogP contribution in [0.15, 0.2) is 0 Å². The van der Waals surface area contributed by atoms with Crippen LogP contribution in [0.5, 0.6) is 0 Å². The normalized spacial score (nSPS) is 12.5. The summed E-state index contributed by atoms with van der Waals surface area (Å²) in [6.45, 7) is 0.361. The number of carboxylic acids is 4. The van der Waals surface area contributed by atoms with Crippen LogP contribution in [0.3, 0.4) is 0 Å². The molecule has 0 saturated carbocycles. The van der Waals surface area contributed by atoms with E-state index in [4.69, 9.17) is 15.3 Å². The lowest BCUT2D eigenvalue weighted by molar-refractivity contribution is -0.156. The summed E-state index contributed by atoms with van der Waals surface area (Å²) < 4.78 is 0. The lowest BCUT2D eigenvalue weighted by atomic mass is 10.1. The number of rotatable bonds is 12. The van der Waals surface area contributed by atoms with Crippen LogP contribution in [0.2, 0.25) is 0 Å². The third-order valence-electron chi connectivity index (χ3n) is 3.30. The van der Waals surface area contributed by atoms with Crippen molar-refractivity contribution in [1.82, 2.24) is 10.2 Å². The Labute approximate surface area is 147 Å². The molecule has 0 aromatic carbocycles. The molecule has 0 bridgehead atoms. The number of carbonyl (C=O) groups excluding carboxylic acids is 2. The monoisotopic (exact) mass is 376 g/mol. The summed E-state index contributed by atoms with van der Waals surface area (Å²) in [7, 11) is 0. The summed E-state index contributed by atoms with van der Waals surface area (Å²) >= 11 is 0. The van der Waals surface area contributed by atoms with Crippen LogP contribution in [-0.2, 0) is 28.8 Å². The van der Waals surface area contributed by atoms with Gasteiger partial charge < -0.3 is 30.6 Å². The number of aliphatic carboxylic acids is 4. The van der Waals surface area contributed by atoms with Gasteiger partial charge in [0.05, 0.1) is 6.42 Å². The van der Waals surface area contributed by atoms with Crippen LogP contribution in [0.25, 0.3) is 0 Å². The van der Waals surface area contributed by atoms with Gasteiger partial charge in [-0.2, -0.15) is 0 Å². The number of carboxylic acid groups (broad SMARTS) is 4. The van der Waals surface area contributed by atoms with Gasteiger partial charge in [-0.05, 0) is 13.3 Å². The molecular weight excluding hydrogens is 356 g/mol. The molecule has 0 spiro atoms. The van der Waals surface area contributed by atoms with Crippen LogP contribution < -0.4 is 5.32 Å². The number of amides is 2. The van der Waals surface area contributed by atoms with Crippen LogP contribution >= 0.6 is 0 Å². The van der Waals surface area contributed by atoms with Crippen LogP contribution in [-0.4, -0.2) is 79.6 Å². The molecule has 0 aliphatic rings. The van der Waals surface area contributed by atoms with Gasteiger partial charge in [-0.3, -0.25) is 24.0 Å². The van der Waals surface area contributed by atoms with E-state index in [2.05, 4.69) is 0 Å². The summed E-state index contributed by atoms with van der Waals surface area (Å²) in [5, 5.41) is 37.2. The molecule has 0 fully saturated rings. The molecule has 0 heterocycles. The minimum Gasteiger partial charge on any atom is -0.481 e. The molecule has 0 saturated heterocycles. The number of nitrogens with zero attached hydrogens (tertiary/aromatic N) is 1. The third kappa shape index (κ3) is 8.08. The zero-order chi connectivity index (χ0) is 20.4. The Morgan fingerprint density at radius 2 is 1.38 bits per heavy atom. The van der Waals surface area contributed by atoms with Gasteiger partial charge in [-0.1, -0.05) is 0 Å². The van der Waals surface area contributed by atoms with Gasteiger partial charge in [0.1, 0.15) is 18.6 Å². The maximum absolute atomic E-state index is 12.3. The highest BCUT2D eigenvalue weighted by molar-refractivity contribution is 5.92. The van der Waals surface area contributed by atoms with E-state index in [1.807, 2.05) is 5.32 Å². The Morgan fingerprint density at radius 3 is 1.81 bits per heavy atom. The first-order chi connectivity index (χ1) is 12.0. The SMILES string of the molecule is CC(C(=O)NCC(=O)O)N(C(=O)CCC(=O)O)C(CCC(=O)O)C(=O)O. The highest BCUT2D eigenvalue weighted by Gasteiger charge is 2.36. The molecule has 0 aliphatic carbocycles. The van der Waals surface area contributed by atoms with Crippen molar-refractivity contribution >= 4 is 35.7 Å². The molecule has 2 atom stereocenters. The molecule has 146 valence electrons. The Kier molecular flexibility index (Phi) is 9.34. The van der Waals surface area contributed by atoms with E-state index in [1.165, 1.54) is 0 Å². The Morgan fingerprint density at radius 1 is 0.846 bits per heavy atom. The number of hydrogen-bond acceptors (Lipinski definition) is 6. The van der Waals surface area contributed by atoms with E-state index < -0.39 is 80.0 Å². The Balaban J connectivity index is 5.53. The summed E-state index contributed by atoms with van der Waals surface area (Å²) in [4.78, 5) is 68.1. The number of nitrogens with one attached hydrogen (secondary N) is 1. The van der Waals surface area contributed by atoms with Crippen LogP contribution in [0.4, 0.5) is 0 Å². The Bertz CT molecular complexity index is 588. The first-order valence-corrected chi connectivity index (χ1v) is 7.44. The van der Waals surface area contributed by atoms with Crippen molar-refractivity contribution in [3.05, 3.63) is 0 Å². The van der Waals surface area contributed by atoms with Gasteiger partial charge in [0.2, 0.25) is 11.8 Å². The van der Waals surface area contributed by atoms with Crippen molar-refractivity contribution in [3.8, 4) is 0 Å². The van der Waals surface area contributed by atoms with Crippen molar-refractivity contribution in [2.75, 3.05) is 6.54 Å². The van der Waals surface area contributed by atoms with Crippen LogP contribution in [0.1, 0.15) is 32.6 Å². The highest BCUT2D eigenvalue weighted by atomic mass is 16.4. The molecule has 0 aromatic rings. The number of carbonyl (C=O) groups is 6. The van der Waals surface area contributed by atoms with Crippen molar-refractivity contribution < 1.29 is 49.2 Å². The van der Waals surface area contributed by atoms with E-state index in [0.29, 0.717) is 4.90 Å². The van der Waals surface area contributed by atoms with E-state index in [0.717, 1.165) is 6.92 Å². The predicted octanol–water partition coefficient (Wildman–Crippen LogP) is -1.41. The summed E-state index contributed by atoms with van der Waals surface area (Å²) in [6.07, 6.45) is -2.35. The predicted molar refractivity (Wildman–Crippen MR) is 82.1 cm³/mol. The largest absolute Gasteiger partial charge is 0.481 e. The maximum atomic E-state index is 12.3. The number of hydrogen-bond donors (Lipinski definition) is 5. The highest BCUT2D eigenvalue weighted by Crippen LogP contribution is 2.15. The quantitative estimate of drug-likeness (QED) is 0.269. The molecular formula is C14H20N2O10. The van der Waals surface area contributed by atoms with E-state index in [1.54, 1.807) is 0 Å². The van der Waals surface area contributed by atoms with Gasteiger partial charge in [-0.15, -0.1) is 0 Å². The van der Waals surface area contributed by atoms with Gasteiger partial charge in [-0.25, -0.2) is 4.79 Å². The maximum Gasteiger partial charge on any atom is 0.326 e. The lowest BCUT2D eigenvalue weighted by Gasteiger charge is -2.33. The molecule has 0 radical (unpaired) electrons. The second-order valence-electron chi connectivity index (χ2n) is 5.27. The summed E-state index contributed by atoms with van der Waals surface area (Å²) in [5.41, 5.74) is 0. The zero-order valence-electron chi connectivity index (χ0n) is 13.9. The van der Waals surface area contributed by atoms with Crippen molar-refractivity contribution in [2.45, 2.75) is 44.7 Å². The molecule has 5 N–H and O–H groups in total. The average Bonchev–Trinajstić information content (AvgIpc) is 2.52. The minimum atomic E-state index is -1.70. The van der Waals surface area contributed by atoms with Crippen molar-refractivity contribution in [2.24, 2.45) is 0 Å². The van der Waals surface area contributed by atoms with Gasteiger partial charge in [0, 0.05) is 12.8 Å². The van der Waals surface area contributed by atoms with Gasteiger partial charge in [0.25, 0.3) is 0 Å². The minimum absolute atomic E-state index is 0.514. The third-order valence-corrected chi connectivity index (χ3v) is 3.30. The van der Waals surface area contributed by atoms with E-state index in [9.17, 15) is 33.9 Å². The molecule has 0 aliphatic heterocycles. The van der Waals surface area contributed by atoms with Crippen molar-refractivity contribution in [3.63, 3.8) is 0 Å². The fourth-order valence-corrected chi connectivity index (χ4v) is 2.08. The van der Waals surface area contributed by atoms with Gasteiger partial charge in [0.15, 0.2) is 0 Å². The summed E-state index contributed by atoms with van der Waals surface area (Å²) in [6, 6.07) is -3.15. The topological polar surface area (TPSA) is 199 Å². The fraction of sp³-hybridized carbons (Fsp3) is 0.571. The Hall–Kier alpha value is -3.18. The van der Waals surface area contributed by atoms with Crippen molar-refractivity contribution in [1.29, 1.82) is 0 Å². The lowest BCUT2D eigenvalue weighted by Crippen LogP contribution is -2.55. The molecule has 12 nitrogen and oxygen atoms in total. The standard InChI is InChI=1S/C14H20N2O10/c1-7(13(24)15-6-12(22)23)16(9(17)3-5-11(20)21)8(14(25)26)2-4-10(18)19/h7-8H,2-6H2,1H3,(H,15,24)(H,18,19)(H,20,21)(H,22,23)(H,25,26). The van der Waals surface area contributed by atoms with Gasteiger partial charge >= 0.3 is 23.9 Å². The molecule has 2 unspecified atom stereocenters. The van der Waals surface area contributed by atoms with E-state index >= 15 is 0 Å². The van der Waals surface area contributed by atoms with E-state index in [-0.39, 0.29) is 0 Å². The molecule has 2 amide bonds. The molecule has 0 aromatic heterocycles. The smallest absolute Gasteiger partial charge is 0.326 e. The summed E-state index contributed by atoms with van der Waals surface area (Å²) in [5.74, 6) is -7.54. The average molecular weight is 376 g/mol. The fourth-order valence-electron chi connectivity index (χ4n) is 2.08. The second kappa shape index (κ2) is 10.6. The second-order valence-corrected chi connectivity index (χ2v) is 5.27. The molecule has 0 rings (SSSR count).